The van der Waals surface area contributed by atoms with Crippen LogP contribution in [0.5, 0.6) is 0 Å². The molecule has 3 aromatic heterocycles. The van der Waals surface area contributed by atoms with E-state index in [-0.39, 0.29) is 5.92 Å². The second-order valence-corrected chi connectivity index (χ2v) is 8.21. The van der Waals surface area contributed by atoms with Crippen LogP contribution in [0, 0.1) is 0 Å². The summed E-state index contributed by atoms with van der Waals surface area (Å²) >= 11 is 6.31. The highest BCUT2D eigenvalue weighted by atomic mass is 35.5. The van der Waals surface area contributed by atoms with Gasteiger partial charge in [-0.25, -0.2) is 4.98 Å². The molecule has 0 aliphatic carbocycles. The third kappa shape index (κ3) is 2.79. The molecule has 30 heavy (non-hydrogen) atoms. The number of halogens is 1. The zero-order valence-corrected chi connectivity index (χ0v) is 17.1. The highest BCUT2D eigenvalue weighted by Crippen LogP contribution is 2.38. The molecule has 0 bridgehead atoms. The lowest BCUT2D eigenvalue weighted by Gasteiger charge is -2.18. The summed E-state index contributed by atoms with van der Waals surface area (Å²) in [4.78, 5) is 9.35. The van der Waals surface area contributed by atoms with Crippen LogP contribution in [0.3, 0.4) is 0 Å². The Morgan fingerprint density at radius 2 is 2.03 bits per heavy atom. The molecule has 9 heteroatoms. The van der Waals surface area contributed by atoms with Crippen molar-refractivity contribution in [2.45, 2.75) is 25.2 Å². The number of aromatic nitrogens is 6. The van der Waals surface area contributed by atoms with Crippen molar-refractivity contribution in [3.63, 3.8) is 0 Å². The van der Waals surface area contributed by atoms with Gasteiger partial charge in [0, 0.05) is 54.9 Å². The van der Waals surface area contributed by atoms with Crippen molar-refractivity contribution in [1.29, 1.82) is 0 Å². The second-order valence-electron chi connectivity index (χ2n) is 7.77. The standard InChI is InChI=1S/C21H19ClN6O2/c1-27-10-13-8-17-19(21-24-20(26-30-21)12-4-6-29-7-5-12)23-11-28(17)16-3-2-14(22)9-15(16)18(13)25-27/h2-3,9-12H,4-8H2,1H3. The number of benzene rings is 1. The number of hydrogen-bond donors (Lipinski definition) is 0. The van der Waals surface area contributed by atoms with Crippen molar-refractivity contribution in [1.82, 2.24) is 29.5 Å². The van der Waals surface area contributed by atoms with Crippen LogP contribution in [0.2, 0.25) is 5.02 Å². The Labute approximate surface area is 177 Å². The van der Waals surface area contributed by atoms with Crippen LogP contribution in [-0.2, 0) is 18.2 Å². The zero-order chi connectivity index (χ0) is 20.2. The van der Waals surface area contributed by atoms with E-state index in [1.807, 2.05) is 42.5 Å². The summed E-state index contributed by atoms with van der Waals surface area (Å²) in [6.07, 6.45) is 6.32. The average molecular weight is 423 g/mol. The van der Waals surface area contributed by atoms with Crippen molar-refractivity contribution < 1.29 is 9.26 Å². The highest BCUT2D eigenvalue weighted by Gasteiger charge is 2.28. The van der Waals surface area contributed by atoms with Crippen LogP contribution in [-0.4, -0.2) is 42.7 Å². The van der Waals surface area contributed by atoms with Crippen molar-refractivity contribution in [2.75, 3.05) is 13.2 Å². The monoisotopic (exact) mass is 422 g/mol. The van der Waals surface area contributed by atoms with Gasteiger partial charge in [-0.05, 0) is 31.0 Å². The number of imidazole rings is 1. The van der Waals surface area contributed by atoms with Gasteiger partial charge in [0.15, 0.2) is 11.5 Å². The van der Waals surface area contributed by atoms with Crippen molar-refractivity contribution in [2.24, 2.45) is 7.05 Å². The number of hydrogen-bond acceptors (Lipinski definition) is 6. The molecule has 0 unspecified atom stereocenters. The Morgan fingerprint density at radius 3 is 2.90 bits per heavy atom. The maximum absolute atomic E-state index is 6.31. The lowest BCUT2D eigenvalue weighted by Crippen LogP contribution is -2.15. The Morgan fingerprint density at radius 1 is 1.17 bits per heavy atom. The van der Waals surface area contributed by atoms with Gasteiger partial charge in [-0.2, -0.15) is 10.1 Å². The van der Waals surface area contributed by atoms with E-state index in [0.29, 0.717) is 23.0 Å². The van der Waals surface area contributed by atoms with Crippen LogP contribution in [0.15, 0.2) is 35.2 Å². The lowest BCUT2D eigenvalue weighted by atomic mass is 10.00. The molecule has 152 valence electrons. The predicted octanol–water partition coefficient (Wildman–Crippen LogP) is 3.77. The van der Waals surface area contributed by atoms with Gasteiger partial charge in [-0.1, -0.05) is 16.8 Å². The van der Waals surface area contributed by atoms with Crippen LogP contribution >= 0.6 is 11.6 Å². The maximum atomic E-state index is 6.31. The molecule has 2 aliphatic heterocycles. The zero-order valence-electron chi connectivity index (χ0n) is 16.4. The van der Waals surface area contributed by atoms with Gasteiger partial charge >= 0.3 is 0 Å². The molecule has 0 saturated carbocycles. The van der Waals surface area contributed by atoms with Gasteiger partial charge in [0.1, 0.15) is 6.33 Å². The van der Waals surface area contributed by atoms with Crippen LogP contribution in [0.4, 0.5) is 0 Å². The maximum Gasteiger partial charge on any atom is 0.278 e. The molecule has 1 fully saturated rings. The van der Waals surface area contributed by atoms with Gasteiger partial charge in [0.2, 0.25) is 0 Å². The Balaban J connectivity index is 1.48. The smallest absolute Gasteiger partial charge is 0.278 e. The van der Waals surface area contributed by atoms with Crippen LogP contribution in [0.25, 0.3) is 28.5 Å². The average Bonchev–Trinajstić information content (AvgIpc) is 3.46. The topological polar surface area (TPSA) is 83.8 Å². The molecule has 8 nitrogen and oxygen atoms in total. The van der Waals surface area contributed by atoms with Crippen LogP contribution in [0.1, 0.15) is 35.8 Å². The summed E-state index contributed by atoms with van der Waals surface area (Å²) in [7, 11) is 1.93. The summed E-state index contributed by atoms with van der Waals surface area (Å²) < 4.78 is 15.0. The fourth-order valence-corrected chi connectivity index (χ4v) is 4.54. The van der Waals surface area contributed by atoms with Gasteiger partial charge < -0.3 is 13.8 Å². The first-order valence-corrected chi connectivity index (χ1v) is 10.4. The molecule has 5 heterocycles. The summed E-state index contributed by atoms with van der Waals surface area (Å²) in [5.74, 6) is 1.45. The molecular formula is C21H19ClN6O2. The molecule has 2 aliphatic rings. The van der Waals surface area contributed by atoms with E-state index in [4.69, 9.17) is 25.8 Å². The summed E-state index contributed by atoms with van der Waals surface area (Å²) in [5.41, 5.74) is 5.69. The van der Waals surface area contributed by atoms with Gasteiger partial charge in [-0.15, -0.1) is 0 Å². The number of rotatable bonds is 2. The summed E-state index contributed by atoms with van der Waals surface area (Å²) in [6, 6.07) is 5.83. The minimum atomic E-state index is 0.269. The number of fused-ring (bicyclic) bond motifs is 5. The first-order chi connectivity index (χ1) is 14.7. The van der Waals surface area contributed by atoms with Crippen molar-refractivity contribution in [3.05, 3.63) is 52.8 Å². The fraction of sp³-hybridized carbons (Fsp3) is 0.333. The van der Waals surface area contributed by atoms with Crippen molar-refractivity contribution >= 4 is 11.6 Å². The number of nitrogens with zero attached hydrogens (tertiary/aromatic N) is 6. The van der Waals surface area contributed by atoms with E-state index in [0.717, 1.165) is 60.1 Å². The third-order valence-corrected chi connectivity index (χ3v) is 6.07. The first kappa shape index (κ1) is 17.9. The molecule has 0 radical (unpaired) electrons. The Kier molecular flexibility index (Phi) is 4.04. The minimum absolute atomic E-state index is 0.269. The van der Waals surface area contributed by atoms with Gasteiger partial charge in [0.05, 0.1) is 17.1 Å². The quantitative estimate of drug-likeness (QED) is 0.430. The SMILES string of the molecule is Cn1cc2c(n1)-c1cc(Cl)ccc1-n1cnc(-c3nc(C4CCOCC4)no3)c1C2. The summed E-state index contributed by atoms with van der Waals surface area (Å²) in [5, 5.41) is 9.61. The molecule has 4 aromatic rings. The number of ether oxygens (including phenoxy) is 1. The Hall–Kier alpha value is -2.97. The normalized spacial score (nSPS) is 16.1. The highest BCUT2D eigenvalue weighted by molar-refractivity contribution is 6.31. The molecule has 0 spiro atoms. The number of aryl methyl sites for hydroxylation is 1. The van der Waals surface area contributed by atoms with E-state index in [2.05, 4.69) is 19.8 Å². The molecule has 1 saturated heterocycles. The molecule has 1 aromatic carbocycles. The first-order valence-electron chi connectivity index (χ1n) is 9.98. The molecule has 0 amide bonds. The van der Waals surface area contributed by atoms with Gasteiger partial charge in [0.25, 0.3) is 5.89 Å². The summed E-state index contributed by atoms with van der Waals surface area (Å²) in [6.45, 7) is 1.47. The predicted molar refractivity (Wildman–Crippen MR) is 110 cm³/mol. The lowest BCUT2D eigenvalue weighted by molar-refractivity contribution is 0.0830. The second kappa shape index (κ2) is 6.78. The van der Waals surface area contributed by atoms with Gasteiger partial charge in [-0.3, -0.25) is 4.68 Å². The largest absolute Gasteiger partial charge is 0.381 e. The molecule has 0 N–H and O–H groups in total. The van der Waals surface area contributed by atoms with E-state index >= 15 is 0 Å². The van der Waals surface area contributed by atoms with E-state index in [9.17, 15) is 0 Å². The van der Waals surface area contributed by atoms with E-state index in [1.54, 1.807) is 0 Å². The minimum Gasteiger partial charge on any atom is -0.381 e. The fourth-order valence-electron chi connectivity index (χ4n) is 4.36. The Bertz CT molecular complexity index is 1250. The van der Waals surface area contributed by atoms with E-state index < -0.39 is 0 Å². The van der Waals surface area contributed by atoms with Crippen LogP contribution < -0.4 is 0 Å². The molecule has 0 atom stereocenters. The van der Waals surface area contributed by atoms with E-state index in [1.165, 1.54) is 0 Å². The van der Waals surface area contributed by atoms with Crippen molar-refractivity contribution in [3.8, 4) is 28.5 Å². The third-order valence-electron chi connectivity index (χ3n) is 5.83. The molecular weight excluding hydrogens is 404 g/mol. The molecule has 6 rings (SSSR count).